The number of nitrogens with zero attached hydrogens (tertiary/aromatic N) is 2. The van der Waals surface area contributed by atoms with E-state index >= 15 is 0 Å². The van der Waals surface area contributed by atoms with E-state index in [2.05, 4.69) is 5.10 Å². The highest BCUT2D eigenvalue weighted by Gasteiger charge is 2.41. The average molecular weight is 328 g/mol. The Morgan fingerprint density at radius 3 is 2.33 bits per heavy atom. The molecule has 2 atom stereocenters. The van der Waals surface area contributed by atoms with Gasteiger partial charge in [0.1, 0.15) is 17.5 Å². The van der Waals surface area contributed by atoms with Crippen LogP contribution < -0.4 is 9.75 Å². The number of anilines is 1. The molecule has 3 rings (SSSR count). The number of carboxylic acids is 1. The summed E-state index contributed by atoms with van der Waals surface area (Å²) < 4.78 is 18.3. The molecule has 0 aromatic heterocycles. The lowest BCUT2D eigenvalue weighted by atomic mass is 9.90. The van der Waals surface area contributed by atoms with Crippen molar-refractivity contribution in [2.75, 3.05) is 12.1 Å². The molecule has 1 aliphatic heterocycles. The largest absolute Gasteiger partial charge is 0.497 e. The fourth-order valence-electron chi connectivity index (χ4n) is 2.92. The number of methoxy groups -OCH3 is 1. The molecule has 0 aliphatic carbocycles. The summed E-state index contributed by atoms with van der Waals surface area (Å²) in [7, 11) is 1.57. The summed E-state index contributed by atoms with van der Waals surface area (Å²) in [4.78, 5) is 11.8. The molecule has 0 bridgehead atoms. The van der Waals surface area contributed by atoms with Crippen molar-refractivity contribution in [2.24, 2.45) is 11.0 Å². The summed E-state index contributed by atoms with van der Waals surface area (Å²) in [5.41, 5.74) is 1.95. The van der Waals surface area contributed by atoms with Gasteiger partial charge in [-0.25, -0.2) is 4.39 Å². The van der Waals surface area contributed by atoms with Crippen LogP contribution in [0, 0.1) is 11.7 Å². The van der Waals surface area contributed by atoms with E-state index in [1.807, 2.05) is 12.1 Å². The molecule has 2 aromatic carbocycles. The third kappa shape index (κ3) is 2.82. The van der Waals surface area contributed by atoms with E-state index in [1.165, 1.54) is 12.1 Å². The van der Waals surface area contributed by atoms with E-state index in [1.54, 1.807) is 43.3 Å². The molecule has 0 saturated heterocycles. The number of ether oxygens (including phenoxy) is 1. The molecule has 0 amide bonds. The summed E-state index contributed by atoms with van der Waals surface area (Å²) in [6, 6.07) is 12.6. The van der Waals surface area contributed by atoms with E-state index in [0.29, 0.717) is 17.1 Å². The van der Waals surface area contributed by atoms with Gasteiger partial charge in [0, 0.05) is 0 Å². The number of benzene rings is 2. The molecule has 5 nitrogen and oxygen atoms in total. The van der Waals surface area contributed by atoms with E-state index in [9.17, 15) is 14.3 Å². The quantitative estimate of drug-likeness (QED) is 0.933. The van der Waals surface area contributed by atoms with E-state index in [0.717, 1.165) is 5.56 Å². The average Bonchev–Trinajstić information content (AvgIpc) is 2.93. The Labute approximate surface area is 139 Å². The zero-order chi connectivity index (χ0) is 17.3. The Hall–Kier alpha value is -2.89. The molecule has 2 aromatic rings. The van der Waals surface area contributed by atoms with Crippen LogP contribution in [0.4, 0.5) is 10.1 Å². The lowest BCUT2D eigenvalue weighted by molar-refractivity contribution is -0.139. The molecule has 0 spiro atoms. The number of aliphatic carboxylic acids is 1. The molecule has 1 aliphatic rings. The van der Waals surface area contributed by atoms with Gasteiger partial charge in [0.05, 0.1) is 24.6 Å². The zero-order valence-corrected chi connectivity index (χ0v) is 13.3. The van der Waals surface area contributed by atoms with Crippen LogP contribution in [0.5, 0.6) is 5.75 Å². The van der Waals surface area contributed by atoms with E-state index in [4.69, 9.17) is 4.74 Å². The molecule has 0 radical (unpaired) electrons. The normalized spacial score (nSPS) is 20.0. The lowest BCUT2D eigenvalue weighted by Crippen LogP contribution is -2.30. The standard InChI is InChI=1S/C18H17FN2O3/c1-11-16(18(22)23)17(12-3-9-15(24-2)10-4-12)21(20-11)14-7-5-13(19)6-8-14/h3-10,16-17H,1-2H3,(H,22,23). The van der Waals surface area contributed by atoms with Crippen molar-refractivity contribution in [1.29, 1.82) is 0 Å². The van der Waals surface area contributed by atoms with Gasteiger partial charge in [-0.05, 0) is 48.9 Å². The molecule has 124 valence electrons. The number of halogens is 1. The fourth-order valence-corrected chi connectivity index (χ4v) is 2.92. The molecule has 0 fully saturated rings. The summed E-state index contributed by atoms with van der Waals surface area (Å²) in [6.45, 7) is 1.69. The molecule has 2 unspecified atom stereocenters. The molecule has 1 heterocycles. The second-order valence-corrected chi connectivity index (χ2v) is 5.60. The molecule has 1 N–H and O–H groups in total. The van der Waals surface area contributed by atoms with Gasteiger partial charge in [-0.2, -0.15) is 5.10 Å². The Balaban J connectivity index is 2.04. The number of hydrogen-bond donors (Lipinski definition) is 1. The maximum Gasteiger partial charge on any atom is 0.314 e. The van der Waals surface area contributed by atoms with Gasteiger partial charge >= 0.3 is 5.97 Å². The summed E-state index contributed by atoms with van der Waals surface area (Å²) >= 11 is 0. The monoisotopic (exact) mass is 328 g/mol. The smallest absolute Gasteiger partial charge is 0.314 e. The number of hydrogen-bond acceptors (Lipinski definition) is 4. The highest BCUT2D eigenvalue weighted by atomic mass is 19.1. The minimum absolute atomic E-state index is 0.352. The van der Waals surface area contributed by atoms with Crippen molar-refractivity contribution in [2.45, 2.75) is 13.0 Å². The van der Waals surface area contributed by atoms with Crippen LogP contribution in [-0.4, -0.2) is 23.9 Å². The van der Waals surface area contributed by atoms with Gasteiger partial charge < -0.3 is 9.84 Å². The molecule has 0 saturated carbocycles. The first-order valence-electron chi connectivity index (χ1n) is 7.48. The summed E-state index contributed by atoms with van der Waals surface area (Å²) in [6.07, 6.45) is 0. The Morgan fingerprint density at radius 1 is 1.17 bits per heavy atom. The van der Waals surface area contributed by atoms with Crippen LogP contribution in [0.25, 0.3) is 0 Å². The Bertz CT molecular complexity index is 772. The highest BCUT2D eigenvalue weighted by Crippen LogP contribution is 2.39. The van der Waals surface area contributed by atoms with Gasteiger partial charge in [0.15, 0.2) is 0 Å². The van der Waals surface area contributed by atoms with Crippen LogP contribution in [0.15, 0.2) is 53.6 Å². The number of rotatable bonds is 4. The fraction of sp³-hybridized carbons (Fsp3) is 0.222. The van der Waals surface area contributed by atoms with Crippen LogP contribution in [0.3, 0.4) is 0 Å². The molecule has 6 heteroatoms. The van der Waals surface area contributed by atoms with E-state index < -0.39 is 17.9 Å². The maximum absolute atomic E-state index is 13.2. The first-order valence-corrected chi connectivity index (χ1v) is 7.48. The van der Waals surface area contributed by atoms with Crippen LogP contribution in [0.2, 0.25) is 0 Å². The first-order chi connectivity index (χ1) is 11.5. The Kier molecular flexibility index (Phi) is 4.20. The first kappa shape index (κ1) is 16.0. The second-order valence-electron chi connectivity index (χ2n) is 5.60. The SMILES string of the molecule is COc1ccc(C2C(C(=O)O)C(C)=NN2c2ccc(F)cc2)cc1. The van der Waals surface area contributed by atoms with Gasteiger partial charge in [-0.1, -0.05) is 12.1 Å². The number of hydrazone groups is 1. The van der Waals surface area contributed by atoms with Crippen LogP contribution in [-0.2, 0) is 4.79 Å². The van der Waals surface area contributed by atoms with Crippen molar-refractivity contribution in [3.8, 4) is 5.75 Å². The minimum atomic E-state index is -0.943. The van der Waals surface area contributed by atoms with Crippen molar-refractivity contribution in [1.82, 2.24) is 0 Å². The predicted octanol–water partition coefficient (Wildman–Crippen LogP) is 3.47. The van der Waals surface area contributed by atoms with Crippen LogP contribution >= 0.6 is 0 Å². The van der Waals surface area contributed by atoms with Gasteiger partial charge in [0.2, 0.25) is 0 Å². The van der Waals surface area contributed by atoms with Crippen molar-refractivity contribution in [3.05, 3.63) is 59.9 Å². The number of carboxylic acid groups (broad SMARTS) is 1. The Morgan fingerprint density at radius 2 is 1.79 bits per heavy atom. The molecule has 24 heavy (non-hydrogen) atoms. The summed E-state index contributed by atoms with van der Waals surface area (Å²) in [5, 5.41) is 15.7. The third-order valence-electron chi connectivity index (χ3n) is 4.11. The zero-order valence-electron chi connectivity index (χ0n) is 13.3. The predicted molar refractivity (Wildman–Crippen MR) is 88.8 cm³/mol. The van der Waals surface area contributed by atoms with Gasteiger partial charge in [-0.3, -0.25) is 9.80 Å². The number of carbonyl (C=O) groups is 1. The van der Waals surface area contributed by atoms with Gasteiger partial charge in [-0.15, -0.1) is 0 Å². The summed E-state index contributed by atoms with van der Waals surface area (Å²) in [5.74, 6) is -1.38. The van der Waals surface area contributed by atoms with Crippen molar-refractivity contribution in [3.63, 3.8) is 0 Å². The third-order valence-corrected chi connectivity index (χ3v) is 4.11. The minimum Gasteiger partial charge on any atom is -0.497 e. The maximum atomic E-state index is 13.2. The van der Waals surface area contributed by atoms with Crippen molar-refractivity contribution < 1.29 is 19.0 Å². The van der Waals surface area contributed by atoms with Crippen LogP contribution in [0.1, 0.15) is 18.5 Å². The van der Waals surface area contributed by atoms with Crippen molar-refractivity contribution >= 4 is 17.4 Å². The van der Waals surface area contributed by atoms with E-state index in [-0.39, 0.29) is 5.82 Å². The molecular weight excluding hydrogens is 311 g/mol. The highest BCUT2D eigenvalue weighted by molar-refractivity contribution is 6.03. The second kappa shape index (κ2) is 6.31. The topological polar surface area (TPSA) is 62.1 Å². The van der Waals surface area contributed by atoms with Gasteiger partial charge in [0.25, 0.3) is 0 Å². The molecular formula is C18H17FN2O3. The lowest BCUT2D eigenvalue weighted by Gasteiger charge is -2.27.